The molecule has 0 saturated carbocycles. The van der Waals surface area contributed by atoms with E-state index in [4.69, 9.17) is 0 Å². The zero-order chi connectivity index (χ0) is 21.9. The summed E-state index contributed by atoms with van der Waals surface area (Å²) in [5.41, 5.74) is 1.10. The summed E-state index contributed by atoms with van der Waals surface area (Å²) >= 11 is 0. The predicted molar refractivity (Wildman–Crippen MR) is 102 cm³/mol. The average Bonchev–Trinajstić information content (AvgIpc) is 2.70. The number of benzene rings is 2. The van der Waals surface area contributed by atoms with E-state index in [1.165, 1.54) is 6.07 Å². The third kappa shape index (κ3) is 4.83. The second kappa shape index (κ2) is 8.24. The molecule has 3 rings (SSSR count). The summed E-state index contributed by atoms with van der Waals surface area (Å²) in [5, 5.41) is 0.283. The second-order valence-electron chi connectivity index (χ2n) is 6.15. The van der Waals surface area contributed by atoms with E-state index >= 15 is 0 Å². The first-order chi connectivity index (χ1) is 14.1. The maximum absolute atomic E-state index is 12.7. The van der Waals surface area contributed by atoms with Crippen LogP contribution in [-0.4, -0.2) is 30.5 Å². The highest BCUT2D eigenvalue weighted by atomic mass is 32.2. The van der Waals surface area contributed by atoms with Crippen LogP contribution in [0.3, 0.4) is 0 Å². The maximum atomic E-state index is 12.7. The van der Waals surface area contributed by atoms with Gasteiger partial charge in [0.2, 0.25) is 15.9 Å². The fourth-order valence-corrected chi connectivity index (χ4v) is 3.64. The molecule has 0 aliphatic rings. The van der Waals surface area contributed by atoms with Gasteiger partial charge in [-0.05, 0) is 30.3 Å². The number of rotatable bonds is 6. The van der Waals surface area contributed by atoms with Gasteiger partial charge in [0.05, 0.1) is 21.4 Å². The topological polar surface area (TPSA) is 110 Å². The van der Waals surface area contributed by atoms with Gasteiger partial charge in [-0.25, -0.2) is 22.8 Å². The average molecular weight is 440 g/mol. The summed E-state index contributed by atoms with van der Waals surface area (Å²) in [7, 11) is -4.26. The van der Waals surface area contributed by atoms with E-state index in [0.29, 0.717) is 11.6 Å². The highest BCUT2D eigenvalue weighted by Gasteiger charge is 2.31. The van der Waals surface area contributed by atoms with Crippen molar-refractivity contribution >= 4 is 26.8 Å². The zero-order valence-corrected chi connectivity index (χ0v) is 16.0. The van der Waals surface area contributed by atoms with Crippen LogP contribution in [-0.2, 0) is 21.0 Å². The number of alkyl halides is 3. The molecule has 2 N–H and O–H groups in total. The van der Waals surface area contributed by atoms with Crippen LogP contribution in [0.15, 0.2) is 64.5 Å². The molecule has 0 aliphatic heterocycles. The number of hydrogen-bond donors (Lipinski definition) is 2. The minimum atomic E-state index is -4.69. The summed E-state index contributed by atoms with van der Waals surface area (Å²) in [6.45, 7) is -0.389. The van der Waals surface area contributed by atoms with Crippen molar-refractivity contribution < 1.29 is 26.4 Å². The molecule has 0 saturated heterocycles. The Bertz CT molecular complexity index is 1260. The smallest absolute Gasteiger partial charge is 0.273 e. The van der Waals surface area contributed by atoms with Crippen LogP contribution in [0.2, 0.25) is 0 Å². The lowest BCUT2D eigenvalue weighted by Crippen LogP contribution is -2.35. The summed E-state index contributed by atoms with van der Waals surface area (Å²) < 4.78 is 65.5. The molecule has 1 amide bonds. The van der Waals surface area contributed by atoms with Gasteiger partial charge in [0.1, 0.15) is 6.33 Å². The number of para-hydroxylation sites is 1. The van der Waals surface area contributed by atoms with Crippen LogP contribution in [0.1, 0.15) is 12.0 Å². The Labute approximate surface area is 168 Å². The maximum Gasteiger partial charge on any atom is 0.416 e. The first-order valence-corrected chi connectivity index (χ1v) is 9.99. The number of carbonyl (C=O) groups excluding carboxylic acids is 1. The van der Waals surface area contributed by atoms with Crippen LogP contribution in [0.5, 0.6) is 0 Å². The van der Waals surface area contributed by atoms with Crippen molar-refractivity contribution in [3.63, 3.8) is 0 Å². The van der Waals surface area contributed by atoms with E-state index in [-0.39, 0.29) is 18.4 Å². The standard InChI is InChI=1S/C18H15F3N4O4S/c19-18(20,21)12-4-3-5-13(10-12)30(28,29)23-9-8-16(26)24-25-11-22-15-7-2-1-6-14(15)17(25)27/h1-7,10-11,23H,8-9H2,(H,24,26). The third-order valence-electron chi connectivity index (χ3n) is 4.03. The van der Waals surface area contributed by atoms with Crippen molar-refractivity contribution in [1.29, 1.82) is 0 Å². The lowest BCUT2D eigenvalue weighted by atomic mass is 10.2. The molecular weight excluding hydrogens is 425 g/mol. The normalized spacial score (nSPS) is 12.1. The lowest BCUT2D eigenvalue weighted by molar-refractivity contribution is -0.137. The van der Waals surface area contributed by atoms with E-state index < -0.39 is 38.1 Å². The second-order valence-corrected chi connectivity index (χ2v) is 7.91. The van der Waals surface area contributed by atoms with Crippen LogP contribution in [0, 0.1) is 0 Å². The molecule has 158 valence electrons. The zero-order valence-electron chi connectivity index (χ0n) is 15.2. The predicted octanol–water partition coefficient (Wildman–Crippen LogP) is 1.85. The molecule has 8 nitrogen and oxygen atoms in total. The van der Waals surface area contributed by atoms with Gasteiger partial charge in [-0.15, -0.1) is 0 Å². The SMILES string of the molecule is O=C(CCNS(=O)(=O)c1cccc(C(F)(F)F)c1)Nn1cnc2ccccc2c1=O. The summed E-state index contributed by atoms with van der Waals surface area (Å²) in [5.74, 6) is -0.694. The van der Waals surface area contributed by atoms with Crippen molar-refractivity contribution in [2.75, 3.05) is 12.0 Å². The Morgan fingerprint density at radius 3 is 2.57 bits per heavy atom. The summed E-state index contributed by atoms with van der Waals surface area (Å²) in [6.07, 6.45) is -3.93. The molecule has 0 bridgehead atoms. The largest absolute Gasteiger partial charge is 0.416 e. The van der Waals surface area contributed by atoms with Gasteiger partial charge in [0.15, 0.2) is 0 Å². The molecule has 0 unspecified atom stereocenters. The van der Waals surface area contributed by atoms with E-state index in [0.717, 1.165) is 29.2 Å². The summed E-state index contributed by atoms with van der Waals surface area (Å²) in [4.78, 5) is 27.8. The number of hydrogen-bond acceptors (Lipinski definition) is 5. The highest BCUT2D eigenvalue weighted by Crippen LogP contribution is 2.30. The van der Waals surface area contributed by atoms with Gasteiger partial charge in [0.25, 0.3) is 5.56 Å². The van der Waals surface area contributed by atoms with E-state index in [1.807, 2.05) is 0 Å². The lowest BCUT2D eigenvalue weighted by Gasteiger charge is -2.11. The van der Waals surface area contributed by atoms with Gasteiger partial charge in [-0.2, -0.15) is 13.2 Å². The molecule has 30 heavy (non-hydrogen) atoms. The number of fused-ring (bicyclic) bond motifs is 1. The molecule has 0 atom stereocenters. The monoisotopic (exact) mass is 440 g/mol. The number of carbonyl (C=O) groups is 1. The fraction of sp³-hybridized carbons (Fsp3) is 0.167. The number of nitrogens with zero attached hydrogens (tertiary/aromatic N) is 2. The Hall–Kier alpha value is -3.25. The first kappa shape index (κ1) is 21.5. The van der Waals surface area contributed by atoms with Crippen molar-refractivity contribution in [2.45, 2.75) is 17.5 Å². The number of nitrogens with one attached hydrogen (secondary N) is 2. The minimum absolute atomic E-state index is 0.283. The van der Waals surface area contributed by atoms with Gasteiger partial charge < -0.3 is 0 Å². The number of aromatic nitrogens is 2. The van der Waals surface area contributed by atoms with Gasteiger partial charge >= 0.3 is 6.18 Å². The number of sulfonamides is 1. The summed E-state index contributed by atoms with van der Waals surface area (Å²) in [6, 6.07) is 9.75. The third-order valence-corrected chi connectivity index (χ3v) is 5.49. The molecule has 12 heteroatoms. The number of halogens is 3. The molecule has 3 aromatic rings. The molecule has 1 aromatic heterocycles. The van der Waals surface area contributed by atoms with Crippen molar-refractivity contribution in [1.82, 2.24) is 14.4 Å². The molecule has 0 radical (unpaired) electrons. The van der Waals surface area contributed by atoms with E-state index in [1.54, 1.807) is 18.2 Å². The van der Waals surface area contributed by atoms with E-state index in [9.17, 15) is 31.2 Å². The molecule has 0 fully saturated rings. The molecule has 0 spiro atoms. The molecule has 0 aliphatic carbocycles. The van der Waals surface area contributed by atoms with E-state index in [2.05, 4.69) is 15.1 Å². The first-order valence-electron chi connectivity index (χ1n) is 8.51. The van der Waals surface area contributed by atoms with Gasteiger partial charge in [0, 0.05) is 13.0 Å². The Kier molecular flexibility index (Phi) is 5.89. The van der Waals surface area contributed by atoms with Crippen LogP contribution in [0.25, 0.3) is 10.9 Å². The van der Waals surface area contributed by atoms with Crippen LogP contribution in [0.4, 0.5) is 13.2 Å². The molecular formula is C18H15F3N4O4S. The van der Waals surface area contributed by atoms with Gasteiger partial charge in [-0.3, -0.25) is 15.0 Å². The van der Waals surface area contributed by atoms with Crippen molar-refractivity contribution in [3.8, 4) is 0 Å². The number of amides is 1. The highest BCUT2D eigenvalue weighted by molar-refractivity contribution is 7.89. The van der Waals surface area contributed by atoms with Crippen LogP contribution >= 0.6 is 0 Å². The minimum Gasteiger partial charge on any atom is -0.273 e. The Balaban J connectivity index is 1.63. The van der Waals surface area contributed by atoms with Gasteiger partial charge in [-0.1, -0.05) is 18.2 Å². The van der Waals surface area contributed by atoms with Crippen molar-refractivity contribution in [2.24, 2.45) is 0 Å². The van der Waals surface area contributed by atoms with Crippen LogP contribution < -0.4 is 15.7 Å². The molecule has 1 heterocycles. The van der Waals surface area contributed by atoms with Crippen molar-refractivity contribution in [3.05, 3.63) is 70.8 Å². The quantitative estimate of drug-likeness (QED) is 0.608. The Morgan fingerprint density at radius 2 is 1.83 bits per heavy atom. The Morgan fingerprint density at radius 1 is 1.10 bits per heavy atom. The fourth-order valence-electron chi connectivity index (χ4n) is 2.56. The molecule has 2 aromatic carbocycles.